The number of alkyl carbamates (subject to hydrolysis) is 1. The lowest BCUT2D eigenvalue weighted by Gasteiger charge is -2.24. The lowest BCUT2D eigenvalue weighted by molar-refractivity contribution is -0.131. The molecule has 1 N–H and O–H groups in total. The molecule has 3 aromatic rings. The van der Waals surface area contributed by atoms with E-state index in [-0.39, 0.29) is 29.9 Å². The second kappa shape index (κ2) is 14.3. The average Bonchev–Trinajstić information content (AvgIpc) is 3.75. The Balaban J connectivity index is 1.55. The first-order chi connectivity index (χ1) is 22.6. The van der Waals surface area contributed by atoms with E-state index >= 15 is 0 Å². The molecule has 2 heterocycles. The van der Waals surface area contributed by atoms with E-state index in [1.807, 2.05) is 23.1 Å². The third-order valence-electron chi connectivity index (χ3n) is 8.96. The number of sulfonamides is 1. The van der Waals surface area contributed by atoms with E-state index in [0.717, 1.165) is 60.7 Å². The molecule has 2 aromatic carbocycles. The summed E-state index contributed by atoms with van der Waals surface area (Å²) in [4.78, 5) is 32.8. The first kappa shape index (κ1) is 34.1. The summed E-state index contributed by atoms with van der Waals surface area (Å²) in [7, 11) is -1.53. The van der Waals surface area contributed by atoms with E-state index in [4.69, 9.17) is 19.0 Å². The number of amidine groups is 1. The molecule has 252 valence electrons. The van der Waals surface area contributed by atoms with Crippen LogP contribution in [0.15, 0.2) is 56.9 Å². The van der Waals surface area contributed by atoms with Gasteiger partial charge in [-0.1, -0.05) is 67.7 Å². The molecule has 1 aliphatic heterocycles. The van der Waals surface area contributed by atoms with Crippen molar-refractivity contribution in [2.45, 2.75) is 89.2 Å². The van der Waals surface area contributed by atoms with E-state index in [1.165, 1.54) is 20.3 Å². The molecular formula is C34H43N5O7S. The van der Waals surface area contributed by atoms with Crippen molar-refractivity contribution in [3.63, 3.8) is 0 Å². The van der Waals surface area contributed by atoms with Crippen LogP contribution in [0.1, 0.15) is 74.3 Å². The van der Waals surface area contributed by atoms with Crippen LogP contribution in [0.2, 0.25) is 0 Å². The van der Waals surface area contributed by atoms with Gasteiger partial charge in [0.05, 0.1) is 18.6 Å². The van der Waals surface area contributed by atoms with Crippen LogP contribution in [0.25, 0.3) is 11.1 Å². The van der Waals surface area contributed by atoms with Crippen molar-refractivity contribution in [1.82, 2.24) is 15.4 Å². The van der Waals surface area contributed by atoms with Crippen molar-refractivity contribution in [2.75, 3.05) is 25.3 Å². The van der Waals surface area contributed by atoms with E-state index in [2.05, 4.69) is 17.4 Å². The number of aromatic nitrogens is 1. The van der Waals surface area contributed by atoms with Crippen molar-refractivity contribution in [3.05, 3.63) is 64.9 Å². The standard InChI is InChI=1S/C34H43N5O7S/c1-6-7-14-30-36-34(17-10-11-18-34)32(40)38(30)21-25-15-16-27(26(19-25)20-35-33(41)45-5)28-12-8-9-13-29(28)47(42,43)39(22-44-4)31-23(2)24(3)46-37-31/h8-9,12-13,15-16,19H,6-7,10-11,14,17-18,20-22H2,1-5H3,(H,35,41). The van der Waals surface area contributed by atoms with Crippen LogP contribution < -0.4 is 9.62 Å². The van der Waals surface area contributed by atoms with Gasteiger partial charge in [-0.15, -0.1) is 0 Å². The van der Waals surface area contributed by atoms with Crippen LogP contribution >= 0.6 is 0 Å². The molecule has 5 rings (SSSR count). The molecule has 0 radical (unpaired) electrons. The molecule has 12 nitrogen and oxygen atoms in total. The maximum atomic E-state index is 14.3. The molecule has 2 amide bonds. The molecule has 13 heteroatoms. The molecule has 47 heavy (non-hydrogen) atoms. The Morgan fingerprint density at radius 1 is 1.11 bits per heavy atom. The van der Waals surface area contributed by atoms with Gasteiger partial charge in [0.1, 0.15) is 23.9 Å². The van der Waals surface area contributed by atoms with Gasteiger partial charge < -0.3 is 19.3 Å². The Kier molecular flexibility index (Phi) is 10.4. The Bertz CT molecular complexity index is 1760. The Labute approximate surface area is 276 Å². The Morgan fingerprint density at radius 2 is 1.85 bits per heavy atom. The largest absolute Gasteiger partial charge is 0.453 e. The SMILES string of the molecule is CCCCC1=NC2(CCCC2)C(=O)N1Cc1ccc(-c2ccccc2S(=O)(=O)N(COC)c2noc(C)c2C)c(CNC(=O)OC)c1. The normalized spacial score (nSPS) is 15.7. The second-order valence-electron chi connectivity index (χ2n) is 12.1. The summed E-state index contributed by atoms with van der Waals surface area (Å²) in [5.74, 6) is 1.50. The zero-order valence-electron chi connectivity index (χ0n) is 27.7. The number of carbonyl (C=O) groups excluding carboxylic acids is 2. The molecule has 1 spiro atoms. The van der Waals surface area contributed by atoms with Crippen LogP contribution in [-0.4, -0.2) is 62.8 Å². The summed E-state index contributed by atoms with van der Waals surface area (Å²) in [6.07, 6.45) is 5.54. The van der Waals surface area contributed by atoms with E-state index in [1.54, 1.807) is 32.0 Å². The number of rotatable bonds is 13. The lowest BCUT2D eigenvalue weighted by atomic mass is 9.96. The number of unbranched alkanes of at least 4 members (excludes halogenated alkanes) is 1. The smallest absolute Gasteiger partial charge is 0.407 e. The number of carbonyl (C=O) groups is 2. The minimum absolute atomic E-state index is 0.0241. The molecule has 1 saturated carbocycles. The summed E-state index contributed by atoms with van der Waals surface area (Å²) in [6, 6.07) is 12.3. The number of anilines is 1. The fraction of sp³-hybridized carbons (Fsp3) is 0.471. The average molecular weight is 666 g/mol. The van der Waals surface area contributed by atoms with Crippen molar-refractivity contribution < 1.29 is 32.0 Å². The van der Waals surface area contributed by atoms with Crippen molar-refractivity contribution in [3.8, 4) is 11.1 Å². The quantitative estimate of drug-likeness (QED) is 0.224. The highest BCUT2D eigenvalue weighted by molar-refractivity contribution is 7.93. The van der Waals surface area contributed by atoms with Gasteiger partial charge in [-0.05, 0) is 55.9 Å². The number of ether oxygens (including phenoxy) is 2. The fourth-order valence-electron chi connectivity index (χ4n) is 6.31. The highest BCUT2D eigenvalue weighted by Crippen LogP contribution is 2.41. The van der Waals surface area contributed by atoms with E-state index in [0.29, 0.717) is 34.6 Å². The van der Waals surface area contributed by atoms with Gasteiger partial charge in [0, 0.05) is 31.2 Å². The maximum Gasteiger partial charge on any atom is 0.407 e. The van der Waals surface area contributed by atoms with Crippen LogP contribution in [0.3, 0.4) is 0 Å². The molecule has 1 aliphatic carbocycles. The zero-order valence-corrected chi connectivity index (χ0v) is 28.5. The van der Waals surface area contributed by atoms with Gasteiger partial charge in [0.25, 0.3) is 15.9 Å². The van der Waals surface area contributed by atoms with Crippen LogP contribution in [0, 0.1) is 13.8 Å². The monoisotopic (exact) mass is 665 g/mol. The summed E-state index contributed by atoms with van der Waals surface area (Å²) in [5, 5.41) is 6.74. The maximum absolute atomic E-state index is 14.3. The van der Waals surface area contributed by atoms with Gasteiger partial charge in [-0.2, -0.15) is 0 Å². The lowest BCUT2D eigenvalue weighted by Crippen LogP contribution is -2.40. The topological polar surface area (TPSA) is 144 Å². The number of amides is 2. The number of methoxy groups -OCH3 is 2. The molecule has 0 atom stereocenters. The molecule has 0 unspecified atom stereocenters. The van der Waals surface area contributed by atoms with Gasteiger partial charge >= 0.3 is 6.09 Å². The van der Waals surface area contributed by atoms with Gasteiger partial charge in [-0.25, -0.2) is 17.5 Å². The number of benzene rings is 2. The predicted molar refractivity (Wildman–Crippen MR) is 177 cm³/mol. The number of nitrogens with one attached hydrogen (secondary N) is 1. The van der Waals surface area contributed by atoms with E-state index in [9.17, 15) is 18.0 Å². The van der Waals surface area contributed by atoms with Crippen LogP contribution in [0.4, 0.5) is 10.6 Å². The fourth-order valence-corrected chi connectivity index (χ4v) is 7.89. The van der Waals surface area contributed by atoms with Gasteiger partial charge in [0.2, 0.25) is 0 Å². The summed E-state index contributed by atoms with van der Waals surface area (Å²) >= 11 is 0. The zero-order chi connectivity index (χ0) is 33.8. The minimum atomic E-state index is -4.22. The van der Waals surface area contributed by atoms with Crippen molar-refractivity contribution in [2.24, 2.45) is 4.99 Å². The summed E-state index contributed by atoms with van der Waals surface area (Å²) in [6.45, 7) is 5.66. The first-order valence-corrected chi connectivity index (χ1v) is 17.4. The molecule has 0 saturated heterocycles. The number of nitrogens with zero attached hydrogens (tertiary/aromatic N) is 4. The highest BCUT2D eigenvalue weighted by Gasteiger charge is 2.49. The Hall–Kier alpha value is -4.23. The minimum Gasteiger partial charge on any atom is -0.453 e. The summed E-state index contributed by atoms with van der Waals surface area (Å²) in [5.41, 5.74) is 2.42. The van der Waals surface area contributed by atoms with Crippen molar-refractivity contribution >= 4 is 33.7 Å². The molecule has 1 aromatic heterocycles. The van der Waals surface area contributed by atoms with E-state index < -0.39 is 21.7 Å². The van der Waals surface area contributed by atoms with Crippen LogP contribution in [0.5, 0.6) is 0 Å². The summed E-state index contributed by atoms with van der Waals surface area (Å²) < 4.78 is 45.1. The van der Waals surface area contributed by atoms with Gasteiger partial charge in [0.15, 0.2) is 5.82 Å². The third kappa shape index (κ3) is 6.77. The molecule has 0 bridgehead atoms. The second-order valence-corrected chi connectivity index (χ2v) is 13.9. The molecule has 1 fully saturated rings. The Morgan fingerprint density at radius 3 is 2.51 bits per heavy atom. The van der Waals surface area contributed by atoms with Crippen molar-refractivity contribution in [1.29, 1.82) is 0 Å². The van der Waals surface area contributed by atoms with Crippen LogP contribution in [-0.2, 0) is 37.4 Å². The number of hydrogen-bond donors (Lipinski definition) is 1. The highest BCUT2D eigenvalue weighted by atomic mass is 32.2. The first-order valence-electron chi connectivity index (χ1n) is 15.9. The molecular weight excluding hydrogens is 622 g/mol. The predicted octanol–water partition coefficient (Wildman–Crippen LogP) is 5.86. The number of aryl methyl sites for hydroxylation is 1. The number of aliphatic imine (C=N–C) groups is 1. The van der Waals surface area contributed by atoms with Gasteiger partial charge in [-0.3, -0.25) is 14.7 Å². The molecule has 2 aliphatic rings. The third-order valence-corrected chi connectivity index (χ3v) is 10.7. The number of hydrogen-bond acceptors (Lipinski definition) is 9.